The highest BCUT2D eigenvalue weighted by atomic mass is 16.4. The zero-order chi connectivity index (χ0) is 9.02. The Morgan fingerprint density at radius 2 is 1.82 bits per heavy atom. The molecule has 0 atom stereocenters. The number of carboxylic acids is 1. The van der Waals surface area contributed by atoms with Crippen molar-refractivity contribution in [3.63, 3.8) is 0 Å². The van der Waals surface area contributed by atoms with Gasteiger partial charge in [-0.2, -0.15) is 0 Å². The van der Waals surface area contributed by atoms with Gasteiger partial charge in [0.05, 0.1) is 5.57 Å². The number of aliphatic hydroxyl groups excluding tert-OH is 1. The van der Waals surface area contributed by atoms with E-state index in [2.05, 4.69) is 0 Å². The quantitative estimate of drug-likeness (QED) is 0.487. The van der Waals surface area contributed by atoms with Crippen LogP contribution < -0.4 is 0 Å². The Balaban J connectivity index is 4.28. The van der Waals surface area contributed by atoms with E-state index < -0.39 is 5.97 Å². The lowest BCUT2D eigenvalue weighted by Crippen LogP contribution is -2.02. The Kier molecular flexibility index (Phi) is 3.65. The third-order valence-corrected chi connectivity index (χ3v) is 1.36. The van der Waals surface area contributed by atoms with Gasteiger partial charge in [-0.25, -0.2) is 4.79 Å². The smallest absolute Gasteiger partial charge is 0.334 e. The summed E-state index contributed by atoms with van der Waals surface area (Å²) in [5, 5.41) is 17.6. The lowest BCUT2D eigenvalue weighted by atomic mass is 10.1. The van der Waals surface area contributed by atoms with Gasteiger partial charge < -0.3 is 10.2 Å². The molecule has 64 valence electrons. The van der Waals surface area contributed by atoms with Gasteiger partial charge in [0.25, 0.3) is 0 Å². The van der Waals surface area contributed by atoms with Crippen LogP contribution in [0.1, 0.15) is 27.2 Å². The minimum atomic E-state index is -1.05. The predicted molar refractivity (Wildman–Crippen MR) is 42.4 cm³/mol. The fraction of sp³-hybridized carbons (Fsp3) is 0.625. The molecule has 3 nitrogen and oxygen atoms in total. The average molecular weight is 158 g/mol. The Labute approximate surface area is 66.4 Å². The summed E-state index contributed by atoms with van der Waals surface area (Å²) in [7, 11) is 0. The van der Waals surface area contributed by atoms with Gasteiger partial charge in [0.2, 0.25) is 0 Å². The molecular weight excluding hydrogens is 144 g/mol. The molecule has 0 saturated heterocycles. The number of rotatable bonds is 3. The molecule has 0 aliphatic carbocycles. The number of allylic oxidation sites excluding steroid dienone is 1. The van der Waals surface area contributed by atoms with Crippen LogP contribution in [0.4, 0.5) is 0 Å². The normalized spacial score (nSPS) is 13.1. The molecular formula is C8H14O3. The molecule has 0 aromatic rings. The first-order chi connectivity index (χ1) is 4.95. The Hall–Kier alpha value is -0.990. The van der Waals surface area contributed by atoms with E-state index >= 15 is 0 Å². The number of carboxylic acid groups (broad SMARTS) is 1. The predicted octanol–water partition coefficient (Wildman–Crippen LogP) is 1.95. The average Bonchev–Trinajstić information content (AvgIpc) is 1.84. The third-order valence-electron chi connectivity index (χ3n) is 1.36. The number of hydrogen-bond acceptors (Lipinski definition) is 2. The Morgan fingerprint density at radius 3 is 2.09 bits per heavy atom. The van der Waals surface area contributed by atoms with Crippen LogP contribution in [0, 0.1) is 5.92 Å². The van der Waals surface area contributed by atoms with Gasteiger partial charge in [-0.05, 0) is 12.8 Å². The van der Waals surface area contributed by atoms with Crippen LogP contribution in [0.3, 0.4) is 0 Å². The zero-order valence-electron chi connectivity index (χ0n) is 7.09. The molecule has 0 aromatic carbocycles. The molecule has 0 amide bonds. The molecule has 0 unspecified atom stereocenters. The highest BCUT2D eigenvalue weighted by Gasteiger charge is 2.08. The standard InChI is InChI=1S/C8H14O3/c1-5(2)4-7(9)6(3)8(10)11/h5,9H,4H2,1-3H3,(H,10,11)/b7-6+. The summed E-state index contributed by atoms with van der Waals surface area (Å²) in [6, 6.07) is 0. The van der Waals surface area contributed by atoms with E-state index in [0.717, 1.165) is 0 Å². The van der Waals surface area contributed by atoms with Crippen molar-refractivity contribution in [1.82, 2.24) is 0 Å². The van der Waals surface area contributed by atoms with Gasteiger partial charge in [-0.3, -0.25) is 0 Å². The lowest BCUT2D eigenvalue weighted by molar-refractivity contribution is -0.132. The fourth-order valence-corrected chi connectivity index (χ4v) is 0.663. The summed E-state index contributed by atoms with van der Waals surface area (Å²) in [5.41, 5.74) is 0.0405. The molecule has 0 fully saturated rings. The molecule has 3 heteroatoms. The van der Waals surface area contributed by atoms with Crippen molar-refractivity contribution in [2.75, 3.05) is 0 Å². The van der Waals surface area contributed by atoms with E-state index in [1.807, 2.05) is 13.8 Å². The van der Waals surface area contributed by atoms with Crippen LogP contribution in [0.5, 0.6) is 0 Å². The van der Waals surface area contributed by atoms with Gasteiger partial charge >= 0.3 is 5.97 Å². The molecule has 0 radical (unpaired) electrons. The SMILES string of the molecule is C/C(C(=O)O)=C(\O)CC(C)C. The van der Waals surface area contributed by atoms with Gasteiger partial charge in [0, 0.05) is 6.42 Å². The minimum absolute atomic E-state index is 0.0208. The summed E-state index contributed by atoms with van der Waals surface area (Å²) < 4.78 is 0. The van der Waals surface area contributed by atoms with Crippen molar-refractivity contribution < 1.29 is 15.0 Å². The second-order valence-corrected chi connectivity index (χ2v) is 2.97. The van der Waals surface area contributed by atoms with Crippen LogP contribution >= 0.6 is 0 Å². The van der Waals surface area contributed by atoms with E-state index in [1.165, 1.54) is 6.92 Å². The fourth-order valence-electron chi connectivity index (χ4n) is 0.663. The molecule has 0 saturated carbocycles. The first kappa shape index (κ1) is 10.0. The molecule has 0 aromatic heterocycles. The molecule has 2 N–H and O–H groups in total. The maximum absolute atomic E-state index is 10.3. The molecule has 0 rings (SSSR count). The molecule has 0 aliphatic heterocycles. The summed E-state index contributed by atoms with van der Waals surface area (Å²) >= 11 is 0. The number of aliphatic carboxylic acids is 1. The summed E-state index contributed by atoms with van der Waals surface area (Å²) in [5.74, 6) is -0.792. The first-order valence-electron chi connectivity index (χ1n) is 3.57. The molecule has 11 heavy (non-hydrogen) atoms. The Bertz CT molecular complexity index is 180. The van der Waals surface area contributed by atoms with E-state index in [1.54, 1.807) is 0 Å². The van der Waals surface area contributed by atoms with E-state index in [-0.39, 0.29) is 17.3 Å². The van der Waals surface area contributed by atoms with Gasteiger partial charge in [0.1, 0.15) is 5.76 Å². The van der Waals surface area contributed by atoms with Crippen LogP contribution in [0.25, 0.3) is 0 Å². The van der Waals surface area contributed by atoms with Gasteiger partial charge in [0.15, 0.2) is 0 Å². The van der Waals surface area contributed by atoms with E-state index in [0.29, 0.717) is 6.42 Å². The van der Waals surface area contributed by atoms with Crippen molar-refractivity contribution in [1.29, 1.82) is 0 Å². The summed E-state index contributed by atoms with van der Waals surface area (Å²) in [4.78, 5) is 10.3. The van der Waals surface area contributed by atoms with Crippen LogP contribution in [0.15, 0.2) is 11.3 Å². The number of carbonyl (C=O) groups is 1. The minimum Gasteiger partial charge on any atom is -0.512 e. The van der Waals surface area contributed by atoms with Crippen molar-refractivity contribution in [2.24, 2.45) is 5.92 Å². The topological polar surface area (TPSA) is 57.5 Å². The molecule has 0 bridgehead atoms. The highest BCUT2D eigenvalue weighted by Crippen LogP contribution is 2.11. The van der Waals surface area contributed by atoms with Crippen LogP contribution in [0.2, 0.25) is 0 Å². The summed E-state index contributed by atoms with van der Waals surface area (Å²) in [6.45, 7) is 5.25. The van der Waals surface area contributed by atoms with Gasteiger partial charge in [-0.1, -0.05) is 13.8 Å². The van der Waals surface area contributed by atoms with Crippen molar-refractivity contribution in [3.05, 3.63) is 11.3 Å². The zero-order valence-corrected chi connectivity index (χ0v) is 7.09. The number of aliphatic hydroxyl groups is 1. The molecule has 0 heterocycles. The molecule has 0 aliphatic rings. The number of hydrogen-bond donors (Lipinski definition) is 2. The lowest BCUT2D eigenvalue weighted by Gasteiger charge is -2.04. The second kappa shape index (κ2) is 4.01. The molecule has 0 spiro atoms. The van der Waals surface area contributed by atoms with Crippen molar-refractivity contribution in [3.8, 4) is 0 Å². The maximum Gasteiger partial charge on any atom is 0.334 e. The first-order valence-corrected chi connectivity index (χ1v) is 3.57. The summed E-state index contributed by atoms with van der Waals surface area (Å²) in [6.07, 6.45) is 0.429. The van der Waals surface area contributed by atoms with Crippen molar-refractivity contribution >= 4 is 5.97 Å². The van der Waals surface area contributed by atoms with Crippen molar-refractivity contribution in [2.45, 2.75) is 27.2 Å². The largest absolute Gasteiger partial charge is 0.512 e. The van der Waals surface area contributed by atoms with E-state index in [9.17, 15) is 4.79 Å². The second-order valence-electron chi connectivity index (χ2n) is 2.97. The monoisotopic (exact) mass is 158 g/mol. The van der Waals surface area contributed by atoms with Crippen LogP contribution in [-0.2, 0) is 4.79 Å². The highest BCUT2D eigenvalue weighted by molar-refractivity contribution is 5.86. The maximum atomic E-state index is 10.3. The van der Waals surface area contributed by atoms with Gasteiger partial charge in [-0.15, -0.1) is 0 Å². The Morgan fingerprint density at radius 1 is 1.36 bits per heavy atom. The van der Waals surface area contributed by atoms with E-state index in [4.69, 9.17) is 10.2 Å². The third kappa shape index (κ3) is 3.65. The van der Waals surface area contributed by atoms with Crippen LogP contribution in [-0.4, -0.2) is 16.2 Å².